The monoisotopic (exact) mass is 318 g/mol. The molecular formula is C18H26N2O3. The summed E-state index contributed by atoms with van der Waals surface area (Å²) in [5, 5.41) is 2.93. The van der Waals surface area contributed by atoms with E-state index in [2.05, 4.69) is 5.32 Å². The number of likely N-dealkylation sites (tertiary alicyclic amines) is 1. The zero-order chi connectivity index (χ0) is 16.9. The summed E-state index contributed by atoms with van der Waals surface area (Å²) in [6, 6.07) is 9.31. The molecule has 23 heavy (non-hydrogen) atoms. The largest absolute Gasteiger partial charge is 0.444 e. The van der Waals surface area contributed by atoms with Gasteiger partial charge in [-0.1, -0.05) is 30.3 Å². The summed E-state index contributed by atoms with van der Waals surface area (Å²) in [7, 11) is 0. The van der Waals surface area contributed by atoms with E-state index in [0.29, 0.717) is 19.5 Å². The number of hydrogen-bond acceptors (Lipinski definition) is 3. The van der Waals surface area contributed by atoms with E-state index in [9.17, 15) is 9.59 Å². The Balaban J connectivity index is 1.97. The van der Waals surface area contributed by atoms with E-state index < -0.39 is 17.7 Å². The van der Waals surface area contributed by atoms with Gasteiger partial charge in [0.2, 0.25) is 5.91 Å². The van der Waals surface area contributed by atoms with Crippen LogP contribution in [0.25, 0.3) is 0 Å². The predicted molar refractivity (Wildman–Crippen MR) is 88.9 cm³/mol. The van der Waals surface area contributed by atoms with E-state index >= 15 is 0 Å². The number of nitrogens with one attached hydrogen (secondary N) is 1. The van der Waals surface area contributed by atoms with Crippen molar-refractivity contribution in [3.63, 3.8) is 0 Å². The van der Waals surface area contributed by atoms with Gasteiger partial charge in [0, 0.05) is 13.1 Å². The second-order valence-electron chi connectivity index (χ2n) is 6.89. The molecule has 1 N–H and O–H groups in total. The first-order valence-electron chi connectivity index (χ1n) is 8.18. The maximum atomic E-state index is 12.5. The van der Waals surface area contributed by atoms with Crippen LogP contribution in [0.15, 0.2) is 30.3 Å². The Morgan fingerprint density at radius 3 is 2.57 bits per heavy atom. The average Bonchev–Trinajstić information content (AvgIpc) is 2.52. The second-order valence-corrected chi connectivity index (χ2v) is 6.89. The number of amides is 2. The minimum absolute atomic E-state index is 0.112. The Kier molecular flexibility index (Phi) is 5.64. The van der Waals surface area contributed by atoms with E-state index in [4.69, 9.17) is 4.74 Å². The van der Waals surface area contributed by atoms with Crippen molar-refractivity contribution in [2.24, 2.45) is 0 Å². The third kappa shape index (κ3) is 5.27. The van der Waals surface area contributed by atoms with E-state index in [-0.39, 0.29) is 5.91 Å². The Bertz CT molecular complexity index is 537. The van der Waals surface area contributed by atoms with E-state index in [1.807, 2.05) is 51.1 Å². The number of rotatable bonds is 3. The lowest BCUT2D eigenvalue weighted by Gasteiger charge is -2.35. The van der Waals surface area contributed by atoms with Crippen LogP contribution in [0.1, 0.15) is 45.6 Å². The number of piperidine rings is 1. The first kappa shape index (κ1) is 17.3. The van der Waals surface area contributed by atoms with Gasteiger partial charge in [0.05, 0.1) is 0 Å². The normalized spacial score (nSPS) is 18.4. The van der Waals surface area contributed by atoms with Crippen molar-refractivity contribution in [2.45, 2.75) is 58.2 Å². The highest BCUT2D eigenvalue weighted by Crippen LogP contribution is 2.20. The molecule has 0 aliphatic carbocycles. The van der Waals surface area contributed by atoms with Crippen molar-refractivity contribution in [1.29, 1.82) is 0 Å². The molecule has 0 aromatic heterocycles. The zero-order valence-electron chi connectivity index (χ0n) is 14.2. The number of benzene rings is 1. The predicted octanol–water partition coefficient (Wildman–Crippen LogP) is 3.09. The maximum absolute atomic E-state index is 12.5. The molecule has 1 heterocycles. The van der Waals surface area contributed by atoms with Crippen molar-refractivity contribution in [3.8, 4) is 0 Å². The topological polar surface area (TPSA) is 58.6 Å². The maximum Gasteiger partial charge on any atom is 0.410 e. The van der Waals surface area contributed by atoms with Crippen LogP contribution in [0.4, 0.5) is 4.79 Å². The lowest BCUT2D eigenvalue weighted by molar-refractivity contribution is -0.127. The number of carbonyl (C=O) groups excluding carboxylic acids is 2. The van der Waals surface area contributed by atoms with Crippen LogP contribution in [0.3, 0.4) is 0 Å². The molecule has 1 aliphatic heterocycles. The molecule has 2 rings (SSSR count). The molecule has 5 nitrogen and oxygen atoms in total. The van der Waals surface area contributed by atoms with Gasteiger partial charge in [-0.25, -0.2) is 4.79 Å². The van der Waals surface area contributed by atoms with Crippen LogP contribution in [-0.4, -0.2) is 35.1 Å². The molecule has 1 saturated heterocycles. The fourth-order valence-electron chi connectivity index (χ4n) is 2.65. The van der Waals surface area contributed by atoms with E-state index in [0.717, 1.165) is 18.4 Å². The third-order valence-electron chi connectivity index (χ3n) is 3.74. The van der Waals surface area contributed by atoms with Crippen LogP contribution in [0.5, 0.6) is 0 Å². The van der Waals surface area contributed by atoms with Gasteiger partial charge >= 0.3 is 6.09 Å². The smallest absolute Gasteiger partial charge is 0.410 e. The van der Waals surface area contributed by atoms with Gasteiger partial charge in [0.15, 0.2) is 0 Å². The molecule has 1 aliphatic rings. The molecule has 5 heteroatoms. The SMILES string of the molecule is CC(C)(C)OC(=O)N1CCCC[C@@H]1C(=O)NCc1ccccc1. The lowest BCUT2D eigenvalue weighted by atomic mass is 10.0. The van der Waals surface area contributed by atoms with Crippen LogP contribution >= 0.6 is 0 Å². The summed E-state index contributed by atoms with van der Waals surface area (Å²) in [4.78, 5) is 26.4. The molecule has 126 valence electrons. The molecule has 1 aromatic carbocycles. The number of carbonyl (C=O) groups is 2. The molecular weight excluding hydrogens is 292 g/mol. The van der Waals surface area contributed by atoms with Gasteiger partial charge in [-0.2, -0.15) is 0 Å². The van der Waals surface area contributed by atoms with Crippen molar-refractivity contribution in [3.05, 3.63) is 35.9 Å². The van der Waals surface area contributed by atoms with Crippen LogP contribution in [0, 0.1) is 0 Å². The first-order valence-corrected chi connectivity index (χ1v) is 8.18. The van der Waals surface area contributed by atoms with Crippen LogP contribution in [0.2, 0.25) is 0 Å². The lowest BCUT2D eigenvalue weighted by Crippen LogP contribution is -2.52. The number of ether oxygens (including phenoxy) is 1. The number of nitrogens with zero attached hydrogens (tertiary/aromatic N) is 1. The highest BCUT2D eigenvalue weighted by atomic mass is 16.6. The highest BCUT2D eigenvalue weighted by molar-refractivity contribution is 5.85. The summed E-state index contributed by atoms with van der Waals surface area (Å²) in [5.74, 6) is -0.112. The van der Waals surface area contributed by atoms with Gasteiger partial charge in [-0.05, 0) is 45.6 Å². The van der Waals surface area contributed by atoms with E-state index in [1.54, 1.807) is 4.90 Å². The molecule has 1 aromatic rings. The Morgan fingerprint density at radius 1 is 1.22 bits per heavy atom. The van der Waals surface area contributed by atoms with Gasteiger partial charge in [-0.3, -0.25) is 9.69 Å². The average molecular weight is 318 g/mol. The molecule has 2 amide bonds. The zero-order valence-corrected chi connectivity index (χ0v) is 14.2. The van der Waals surface area contributed by atoms with Crippen molar-refractivity contribution in [1.82, 2.24) is 10.2 Å². The molecule has 0 spiro atoms. The fraction of sp³-hybridized carbons (Fsp3) is 0.556. The highest BCUT2D eigenvalue weighted by Gasteiger charge is 2.34. The summed E-state index contributed by atoms with van der Waals surface area (Å²) in [5.41, 5.74) is 0.486. The van der Waals surface area contributed by atoms with Crippen molar-refractivity contribution >= 4 is 12.0 Å². The summed E-state index contributed by atoms with van der Waals surface area (Å²) < 4.78 is 5.43. The summed E-state index contributed by atoms with van der Waals surface area (Å²) in [6.07, 6.45) is 2.13. The molecule has 0 saturated carbocycles. The third-order valence-corrected chi connectivity index (χ3v) is 3.74. The Labute approximate surface area is 138 Å². The summed E-state index contributed by atoms with van der Waals surface area (Å²) >= 11 is 0. The molecule has 1 atom stereocenters. The van der Waals surface area contributed by atoms with E-state index in [1.165, 1.54) is 0 Å². The molecule has 0 unspecified atom stereocenters. The van der Waals surface area contributed by atoms with Gasteiger partial charge in [-0.15, -0.1) is 0 Å². The van der Waals surface area contributed by atoms with Crippen molar-refractivity contribution < 1.29 is 14.3 Å². The summed E-state index contributed by atoms with van der Waals surface area (Å²) in [6.45, 7) is 6.54. The Morgan fingerprint density at radius 2 is 1.91 bits per heavy atom. The quantitative estimate of drug-likeness (QED) is 0.931. The molecule has 1 fully saturated rings. The fourth-order valence-corrected chi connectivity index (χ4v) is 2.65. The second kappa shape index (κ2) is 7.49. The van der Waals surface area contributed by atoms with Crippen molar-refractivity contribution in [2.75, 3.05) is 6.54 Å². The Hall–Kier alpha value is -2.04. The standard InChI is InChI=1S/C18H26N2O3/c1-18(2,3)23-17(22)20-12-8-7-11-15(20)16(21)19-13-14-9-5-4-6-10-14/h4-6,9-10,15H,7-8,11-13H2,1-3H3,(H,19,21)/t15-/m1/s1. The van der Waals surface area contributed by atoms with Gasteiger partial charge < -0.3 is 10.1 Å². The van der Waals surface area contributed by atoms with Gasteiger partial charge in [0.25, 0.3) is 0 Å². The van der Waals surface area contributed by atoms with Gasteiger partial charge in [0.1, 0.15) is 11.6 Å². The minimum Gasteiger partial charge on any atom is -0.444 e. The minimum atomic E-state index is -0.556. The van der Waals surface area contributed by atoms with Crippen LogP contribution < -0.4 is 5.32 Å². The first-order chi connectivity index (χ1) is 10.9. The number of hydrogen-bond donors (Lipinski definition) is 1. The molecule has 0 bridgehead atoms. The van der Waals surface area contributed by atoms with Crippen LogP contribution in [-0.2, 0) is 16.1 Å². The molecule has 0 radical (unpaired) electrons.